The van der Waals surface area contributed by atoms with Gasteiger partial charge in [-0.1, -0.05) is 25.3 Å². The molecule has 3 aromatic rings. The highest BCUT2D eigenvalue weighted by Crippen LogP contribution is 2.34. The normalized spacial score (nSPS) is 11.8. The third kappa shape index (κ3) is 2.20. The molecule has 2 heterocycles. The molecular formula is C15H15N5S. The van der Waals surface area contributed by atoms with Gasteiger partial charge in [0.05, 0.1) is 28.4 Å². The molecule has 0 aliphatic carbocycles. The molecule has 0 aliphatic heterocycles. The molecule has 0 amide bonds. The second-order valence-electron chi connectivity index (χ2n) is 6.01. The zero-order valence-corrected chi connectivity index (χ0v) is 13.2. The van der Waals surface area contributed by atoms with Gasteiger partial charge >= 0.3 is 0 Å². The number of nitrogens with zero attached hydrogens (tertiary/aromatic N) is 5. The fraction of sp³-hybridized carbons (Fsp3) is 0.333. The van der Waals surface area contributed by atoms with Crippen LogP contribution in [0.25, 0.3) is 21.7 Å². The maximum Gasteiger partial charge on any atom is 0.154 e. The summed E-state index contributed by atoms with van der Waals surface area (Å²) in [5, 5.41) is 13.3. The number of rotatable bonds is 1. The van der Waals surface area contributed by atoms with E-state index in [0.29, 0.717) is 5.56 Å². The molecule has 2 aromatic heterocycles. The topological polar surface area (TPSA) is 67.4 Å². The molecular weight excluding hydrogens is 282 g/mol. The average Bonchev–Trinajstić information content (AvgIpc) is 3.02. The maximum atomic E-state index is 9.01. The minimum absolute atomic E-state index is 0.0850. The molecule has 0 unspecified atom stereocenters. The molecule has 1 aromatic carbocycles. The predicted octanol–water partition coefficient (Wildman–Crippen LogP) is 3.26. The first kappa shape index (κ1) is 13.7. The van der Waals surface area contributed by atoms with Crippen LogP contribution < -0.4 is 0 Å². The Morgan fingerprint density at radius 3 is 2.71 bits per heavy atom. The standard InChI is InChI=1S/C15H15N5S/c1-15(2,3)13-12(21-19-18-13)14-17-10-7-9(8-16)5-6-11(10)20(14)4/h5-7H,1-4H3. The molecule has 106 valence electrons. The van der Waals surface area contributed by atoms with Crippen molar-refractivity contribution in [2.45, 2.75) is 26.2 Å². The van der Waals surface area contributed by atoms with E-state index in [1.165, 1.54) is 11.5 Å². The molecule has 21 heavy (non-hydrogen) atoms. The van der Waals surface area contributed by atoms with Crippen LogP contribution in [0, 0.1) is 11.3 Å². The van der Waals surface area contributed by atoms with E-state index >= 15 is 0 Å². The lowest BCUT2D eigenvalue weighted by Gasteiger charge is -2.16. The van der Waals surface area contributed by atoms with Gasteiger partial charge in [-0.2, -0.15) is 5.26 Å². The molecule has 0 bridgehead atoms. The van der Waals surface area contributed by atoms with Crippen molar-refractivity contribution < 1.29 is 0 Å². The lowest BCUT2D eigenvalue weighted by molar-refractivity contribution is 0.567. The minimum atomic E-state index is -0.0850. The van der Waals surface area contributed by atoms with E-state index in [2.05, 4.69) is 41.4 Å². The molecule has 0 atom stereocenters. The monoisotopic (exact) mass is 297 g/mol. The summed E-state index contributed by atoms with van der Waals surface area (Å²) in [6, 6.07) is 7.69. The summed E-state index contributed by atoms with van der Waals surface area (Å²) in [5.74, 6) is 0.847. The number of aromatic nitrogens is 4. The second kappa shape index (κ2) is 4.64. The van der Waals surface area contributed by atoms with E-state index < -0.39 is 0 Å². The molecule has 0 N–H and O–H groups in total. The van der Waals surface area contributed by atoms with Crippen molar-refractivity contribution in [3.05, 3.63) is 29.5 Å². The smallest absolute Gasteiger partial charge is 0.154 e. The lowest BCUT2D eigenvalue weighted by atomic mass is 9.91. The summed E-state index contributed by atoms with van der Waals surface area (Å²) in [5.41, 5.74) is 3.30. The predicted molar refractivity (Wildman–Crippen MR) is 83.0 cm³/mol. The maximum absolute atomic E-state index is 9.01. The number of nitriles is 1. The zero-order valence-electron chi connectivity index (χ0n) is 12.4. The van der Waals surface area contributed by atoms with Gasteiger partial charge in [0.1, 0.15) is 4.88 Å². The molecule has 3 rings (SSSR count). The molecule has 0 radical (unpaired) electrons. The van der Waals surface area contributed by atoms with Gasteiger partial charge in [0.25, 0.3) is 0 Å². The highest BCUT2D eigenvalue weighted by Gasteiger charge is 2.26. The fourth-order valence-electron chi connectivity index (χ4n) is 2.30. The largest absolute Gasteiger partial charge is 0.326 e. The van der Waals surface area contributed by atoms with Gasteiger partial charge in [-0.25, -0.2) is 4.98 Å². The Hall–Kier alpha value is -2.26. The first-order chi connectivity index (χ1) is 9.91. The number of imidazole rings is 1. The van der Waals surface area contributed by atoms with Gasteiger partial charge in [0, 0.05) is 12.5 Å². The van der Waals surface area contributed by atoms with Crippen molar-refractivity contribution in [3.8, 4) is 16.8 Å². The molecule has 0 aliphatic rings. The SMILES string of the molecule is Cn1c(-c2snnc2C(C)(C)C)nc2cc(C#N)ccc21. The molecule has 0 spiro atoms. The summed E-state index contributed by atoms with van der Waals surface area (Å²) in [6.07, 6.45) is 0. The number of hydrogen-bond donors (Lipinski definition) is 0. The van der Waals surface area contributed by atoms with Crippen LogP contribution in [0.15, 0.2) is 18.2 Å². The molecule has 0 saturated heterocycles. The van der Waals surface area contributed by atoms with Gasteiger partial charge < -0.3 is 4.57 Å². The Labute approximate surface area is 127 Å². The van der Waals surface area contributed by atoms with Crippen LogP contribution in [-0.4, -0.2) is 19.1 Å². The summed E-state index contributed by atoms with van der Waals surface area (Å²) < 4.78 is 6.12. The summed E-state index contributed by atoms with van der Waals surface area (Å²) in [7, 11) is 1.98. The molecule has 6 heteroatoms. The third-order valence-corrected chi connectivity index (χ3v) is 4.13. The van der Waals surface area contributed by atoms with Crippen LogP contribution in [0.5, 0.6) is 0 Å². The number of hydrogen-bond acceptors (Lipinski definition) is 5. The quantitative estimate of drug-likeness (QED) is 0.691. The first-order valence-corrected chi connectivity index (χ1v) is 7.39. The van der Waals surface area contributed by atoms with Crippen LogP contribution in [0.4, 0.5) is 0 Å². The Kier molecular flexibility index (Phi) is 3.03. The van der Waals surface area contributed by atoms with E-state index in [1.807, 2.05) is 29.8 Å². The van der Waals surface area contributed by atoms with Gasteiger partial charge in [0.2, 0.25) is 0 Å². The molecule has 0 saturated carbocycles. The summed E-state index contributed by atoms with van der Waals surface area (Å²) in [4.78, 5) is 5.67. The van der Waals surface area contributed by atoms with Crippen LogP contribution in [0.1, 0.15) is 32.0 Å². The van der Waals surface area contributed by atoms with Crippen LogP contribution in [0.3, 0.4) is 0 Å². The Morgan fingerprint density at radius 1 is 1.29 bits per heavy atom. The van der Waals surface area contributed by atoms with Crippen LogP contribution >= 0.6 is 11.5 Å². The van der Waals surface area contributed by atoms with E-state index in [1.54, 1.807) is 0 Å². The van der Waals surface area contributed by atoms with Crippen molar-refractivity contribution >= 4 is 22.6 Å². The highest BCUT2D eigenvalue weighted by atomic mass is 32.1. The Morgan fingerprint density at radius 2 is 2.05 bits per heavy atom. The van der Waals surface area contributed by atoms with E-state index in [9.17, 15) is 0 Å². The van der Waals surface area contributed by atoms with Crippen molar-refractivity contribution in [1.29, 1.82) is 5.26 Å². The van der Waals surface area contributed by atoms with Crippen LogP contribution in [0.2, 0.25) is 0 Å². The number of aryl methyl sites for hydroxylation is 1. The van der Waals surface area contributed by atoms with Gasteiger partial charge in [-0.05, 0) is 29.7 Å². The molecule has 5 nitrogen and oxygen atoms in total. The zero-order chi connectivity index (χ0) is 15.2. The van der Waals surface area contributed by atoms with Gasteiger partial charge in [-0.15, -0.1) is 5.10 Å². The van der Waals surface area contributed by atoms with Crippen molar-refractivity contribution in [2.75, 3.05) is 0 Å². The first-order valence-electron chi connectivity index (χ1n) is 6.61. The third-order valence-electron chi connectivity index (χ3n) is 3.41. The summed E-state index contributed by atoms with van der Waals surface area (Å²) in [6.45, 7) is 6.34. The van der Waals surface area contributed by atoms with E-state index in [-0.39, 0.29) is 5.41 Å². The van der Waals surface area contributed by atoms with Gasteiger partial charge in [-0.3, -0.25) is 0 Å². The highest BCUT2D eigenvalue weighted by molar-refractivity contribution is 7.09. The number of fused-ring (bicyclic) bond motifs is 1. The lowest BCUT2D eigenvalue weighted by Crippen LogP contribution is -2.13. The second-order valence-corrected chi connectivity index (χ2v) is 6.76. The average molecular weight is 297 g/mol. The molecule has 0 fully saturated rings. The van der Waals surface area contributed by atoms with Crippen LogP contribution in [-0.2, 0) is 12.5 Å². The summed E-state index contributed by atoms with van der Waals surface area (Å²) >= 11 is 1.36. The van der Waals surface area contributed by atoms with Crippen molar-refractivity contribution in [3.63, 3.8) is 0 Å². The Bertz CT molecular complexity index is 860. The van der Waals surface area contributed by atoms with Gasteiger partial charge in [0.15, 0.2) is 5.82 Å². The fourth-order valence-corrected chi connectivity index (χ4v) is 3.20. The minimum Gasteiger partial charge on any atom is -0.326 e. The van der Waals surface area contributed by atoms with Crippen molar-refractivity contribution in [2.24, 2.45) is 7.05 Å². The number of benzene rings is 1. The van der Waals surface area contributed by atoms with E-state index in [4.69, 9.17) is 5.26 Å². The Balaban J connectivity index is 2.25. The van der Waals surface area contributed by atoms with Crippen molar-refractivity contribution in [1.82, 2.24) is 19.1 Å². The van der Waals surface area contributed by atoms with E-state index in [0.717, 1.165) is 27.4 Å².